The van der Waals surface area contributed by atoms with E-state index in [4.69, 9.17) is 27.9 Å². The quantitative estimate of drug-likeness (QED) is 0.557. The van der Waals surface area contributed by atoms with Gasteiger partial charge in [0, 0.05) is 10.9 Å². The van der Waals surface area contributed by atoms with Crippen LogP contribution in [0.25, 0.3) is 11.1 Å². The zero-order valence-electron chi connectivity index (χ0n) is 11.9. The van der Waals surface area contributed by atoms with Gasteiger partial charge in [-0.1, -0.05) is 59.6 Å². The van der Waals surface area contributed by atoms with Crippen molar-refractivity contribution in [3.63, 3.8) is 0 Å². The lowest BCUT2D eigenvalue weighted by Crippen LogP contribution is -1.95. The van der Waals surface area contributed by atoms with Crippen LogP contribution in [0.3, 0.4) is 0 Å². The number of nitriles is 1. The van der Waals surface area contributed by atoms with E-state index in [0.29, 0.717) is 27.3 Å². The van der Waals surface area contributed by atoms with E-state index in [1.54, 1.807) is 12.1 Å². The minimum atomic E-state index is 0.334. The maximum Gasteiger partial charge on any atom is 0.192 e. The van der Waals surface area contributed by atoms with Gasteiger partial charge in [-0.3, -0.25) is 0 Å². The molecule has 0 radical (unpaired) electrons. The normalized spacial score (nSPS) is 10.3. The molecule has 3 aromatic rings. The molecule has 3 rings (SSSR count). The lowest BCUT2D eigenvalue weighted by molar-refractivity contribution is 0.315. The number of benzene rings is 2. The number of thiophene rings is 1. The van der Waals surface area contributed by atoms with Gasteiger partial charge >= 0.3 is 0 Å². The summed E-state index contributed by atoms with van der Waals surface area (Å²) in [6.45, 7) is 0.334. The number of ether oxygens (including phenoxy) is 1. The molecule has 0 saturated carbocycles. The van der Waals surface area contributed by atoms with Crippen molar-refractivity contribution in [1.82, 2.24) is 0 Å². The van der Waals surface area contributed by atoms with Gasteiger partial charge in [0.25, 0.3) is 0 Å². The van der Waals surface area contributed by atoms with Gasteiger partial charge in [0.05, 0.1) is 10.0 Å². The first-order chi connectivity index (χ1) is 11.2. The van der Waals surface area contributed by atoms with Gasteiger partial charge in [-0.2, -0.15) is 5.26 Å². The van der Waals surface area contributed by atoms with Crippen LogP contribution in [-0.2, 0) is 6.61 Å². The second-order valence-electron chi connectivity index (χ2n) is 4.83. The molecule has 1 heterocycles. The van der Waals surface area contributed by atoms with Gasteiger partial charge in [0.15, 0.2) is 5.06 Å². The summed E-state index contributed by atoms with van der Waals surface area (Å²) in [5.74, 6) is 0. The Morgan fingerprint density at radius 2 is 1.83 bits per heavy atom. The van der Waals surface area contributed by atoms with Gasteiger partial charge in [0.2, 0.25) is 0 Å². The van der Waals surface area contributed by atoms with Crippen LogP contribution >= 0.6 is 34.5 Å². The van der Waals surface area contributed by atoms with E-state index < -0.39 is 0 Å². The summed E-state index contributed by atoms with van der Waals surface area (Å²) >= 11 is 13.3. The van der Waals surface area contributed by atoms with Crippen molar-refractivity contribution in [3.05, 3.63) is 75.1 Å². The monoisotopic (exact) mass is 359 g/mol. The highest BCUT2D eigenvalue weighted by Crippen LogP contribution is 2.37. The van der Waals surface area contributed by atoms with E-state index in [9.17, 15) is 5.26 Å². The Hall–Kier alpha value is -1.99. The summed E-state index contributed by atoms with van der Waals surface area (Å²) < 4.78 is 5.81. The smallest absolute Gasteiger partial charge is 0.192 e. The fourth-order valence-electron chi connectivity index (χ4n) is 2.16. The summed E-state index contributed by atoms with van der Waals surface area (Å²) in [7, 11) is 0. The molecule has 0 saturated heterocycles. The zero-order valence-corrected chi connectivity index (χ0v) is 14.3. The maximum atomic E-state index is 9.47. The Bertz CT molecular complexity index is 868. The van der Waals surface area contributed by atoms with E-state index in [2.05, 4.69) is 6.07 Å². The first-order valence-electron chi connectivity index (χ1n) is 6.83. The van der Waals surface area contributed by atoms with Crippen LogP contribution < -0.4 is 4.74 Å². The number of hydrogen-bond acceptors (Lipinski definition) is 3. The van der Waals surface area contributed by atoms with Crippen molar-refractivity contribution in [1.29, 1.82) is 5.26 Å². The average molecular weight is 360 g/mol. The van der Waals surface area contributed by atoms with E-state index in [1.807, 2.05) is 41.8 Å². The lowest BCUT2D eigenvalue weighted by Gasteiger charge is -2.06. The molecule has 5 heteroatoms. The minimum absolute atomic E-state index is 0.334. The predicted molar refractivity (Wildman–Crippen MR) is 95.3 cm³/mol. The van der Waals surface area contributed by atoms with Crippen LogP contribution in [0.5, 0.6) is 5.06 Å². The standard InChI is InChI=1S/C18H11Cl2NOS/c19-16-7-6-12(8-17(16)20)10-22-18-14(9-21)15(11-23-18)13-4-2-1-3-5-13/h1-8,11H,10H2. The van der Waals surface area contributed by atoms with E-state index in [0.717, 1.165) is 16.7 Å². The third kappa shape index (κ3) is 3.51. The summed E-state index contributed by atoms with van der Waals surface area (Å²) in [4.78, 5) is 0. The molecule has 0 atom stereocenters. The summed E-state index contributed by atoms with van der Waals surface area (Å²) in [5, 5.41) is 13.0. The molecular formula is C18H11Cl2NOS. The first-order valence-corrected chi connectivity index (χ1v) is 8.46. The van der Waals surface area contributed by atoms with Gasteiger partial charge in [-0.15, -0.1) is 11.3 Å². The van der Waals surface area contributed by atoms with Gasteiger partial charge < -0.3 is 4.74 Å². The highest BCUT2D eigenvalue weighted by atomic mass is 35.5. The van der Waals surface area contributed by atoms with Crippen molar-refractivity contribution in [2.45, 2.75) is 6.61 Å². The van der Waals surface area contributed by atoms with E-state index in [1.165, 1.54) is 11.3 Å². The highest BCUT2D eigenvalue weighted by molar-refractivity contribution is 7.12. The molecule has 0 N–H and O–H groups in total. The Morgan fingerprint density at radius 1 is 1.04 bits per heavy atom. The molecule has 1 aromatic heterocycles. The SMILES string of the molecule is N#Cc1c(-c2ccccc2)csc1OCc1ccc(Cl)c(Cl)c1. The van der Waals surface area contributed by atoms with Gasteiger partial charge in [0.1, 0.15) is 18.2 Å². The van der Waals surface area contributed by atoms with Crippen molar-refractivity contribution >= 4 is 34.5 Å². The predicted octanol–water partition coefficient (Wildman–Crippen LogP) is 6.17. The van der Waals surface area contributed by atoms with Crippen molar-refractivity contribution in [2.24, 2.45) is 0 Å². The molecular weight excluding hydrogens is 349 g/mol. The van der Waals surface area contributed by atoms with E-state index in [-0.39, 0.29) is 0 Å². The Labute approximate surface area is 148 Å². The largest absolute Gasteiger partial charge is 0.478 e. The van der Waals surface area contributed by atoms with Crippen molar-refractivity contribution in [2.75, 3.05) is 0 Å². The Kier molecular flexibility index (Phi) is 4.88. The molecule has 0 aliphatic carbocycles. The fraction of sp³-hybridized carbons (Fsp3) is 0.0556. The topological polar surface area (TPSA) is 33.0 Å². The fourth-order valence-corrected chi connectivity index (χ4v) is 3.36. The molecule has 0 fully saturated rings. The molecule has 23 heavy (non-hydrogen) atoms. The molecule has 0 amide bonds. The number of halogens is 2. The van der Waals surface area contributed by atoms with Crippen molar-refractivity contribution < 1.29 is 4.74 Å². The van der Waals surface area contributed by atoms with Crippen LogP contribution in [0.2, 0.25) is 10.0 Å². The molecule has 0 unspecified atom stereocenters. The lowest BCUT2D eigenvalue weighted by atomic mass is 10.1. The second kappa shape index (κ2) is 7.06. The average Bonchev–Trinajstić information content (AvgIpc) is 2.99. The number of nitrogens with zero attached hydrogens (tertiary/aromatic N) is 1. The molecule has 0 aliphatic rings. The third-order valence-corrected chi connectivity index (χ3v) is 4.94. The Balaban J connectivity index is 1.83. The minimum Gasteiger partial charge on any atom is -0.478 e. The molecule has 0 aliphatic heterocycles. The maximum absolute atomic E-state index is 9.47. The summed E-state index contributed by atoms with van der Waals surface area (Å²) in [5.41, 5.74) is 3.35. The first kappa shape index (κ1) is 15.9. The van der Waals surface area contributed by atoms with Crippen LogP contribution in [0, 0.1) is 11.3 Å². The highest BCUT2D eigenvalue weighted by Gasteiger charge is 2.14. The molecule has 0 spiro atoms. The zero-order chi connectivity index (χ0) is 16.2. The molecule has 2 nitrogen and oxygen atoms in total. The third-order valence-electron chi connectivity index (χ3n) is 3.31. The Morgan fingerprint density at radius 3 is 2.52 bits per heavy atom. The van der Waals surface area contributed by atoms with E-state index >= 15 is 0 Å². The van der Waals surface area contributed by atoms with Gasteiger partial charge in [-0.25, -0.2) is 0 Å². The summed E-state index contributed by atoms with van der Waals surface area (Å²) in [6, 6.07) is 17.4. The molecule has 114 valence electrons. The summed E-state index contributed by atoms with van der Waals surface area (Å²) in [6.07, 6.45) is 0. The molecule has 0 bridgehead atoms. The van der Waals surface area contributed by atoms with Crippen LogP contribution in [-0.4, -0.2) is 0 Å². The van der Waals surface area contributed by atoms with Crippen LogP contribution in [0.15, 0.2) is 53.9 Å². The second-order valence-corrected chi connectivity index (χ2v) is 6.48. The van der Waals surface area contributed by atoms with Crippen LogP contribution in [0.4, 0.5) is 0 Å². The molecule has 2 aromatic carbocycles. The van der Waals surface area contributed by atoms with Crippen molar-refractivity contribution in [3.8, 4) is 22.3 Å². The van der Waals surface area contributed by atoms with Crippen LogP contribution in [0.1, 0.15) is 11.1 Å². The van der Waals surface area contributed by atoms with Gasteiger partial charge in [-0.05, 0) is 23.3 Å². The number of hydrogen-bond donors (Lipinski definition) is 0. The number of rotatable bonds is 4.